The summed E-state index contributed by atoms with van der Waals surface area (Å²) >= 11 is 15.1. The van der Waals surface area contributed by atoms with Gasteiger partial charge in [-0.05, 0) is 52.2 Å². The van der Waals surface area contributed by atoms with Crippen molar-refractivity contribution in [3.63, 3.8) is 0 Å². The van der Waals surface area contributed by atoms with Crippen molar-refractivity contribution in [1.82, 2.24) is 0 Å². The maximum Gasteiger partial charge on any atom is 0.145 e. The van der Waals surface area contributed by atoms with Crippen LogP contribution in [0.25, 0.3) is 0 Å². The molecule has 0 aliphatic rings. The highest BCUT2D eigenvalue weighted by Gasteiger charge is 2.21. The molecule has 2 N–H and O–H groups in total. The predicted molar refractivity (Wildman–Crippen MR) is 81.2 cm³/mol. The van der Waals surface area contributed by atoms with Gasteiger partial charge in [0.2, 0.25) is 0 Å². The summed E-state index contributed by atoms with van der Waals surface area (Å²) in [6, 6.07) is 6.58. The molecule has 0 bridgehead atoms. The Morgan fingerprint density at radius 3 is 2.30 bits per heavy atom. The Morgan fingerprint density at radius 1 is 1.10 bits per heavy atom. The second-order valence-corrected chi connectivity index (χ2v) is 5.94. The van der Waals surface area contributed by atoms with Gasteiger partial charge in [0.25, 0.3) is 0 Å². The van der Waals surface area contributed by atoms with Crippen LogP contribution in [0.1, 0.15) is 17.2 Å². The molecule has 2 aromatic rings. The van der Waals surface area contributed by atoms with Crippen molar-refractivity contribution in [2.75, 3.05) is 0 Å². The zero-order chi connectivity index (χ0) is 14.9. The minimum atomic E-state index is -0.884. The first kappa shape index (κ1) is 15.7. The lowest BCUT2D eigenvalue weighted by Crippen LogP contribution is -2.17. The van der Waals surface area contributed by atoms with E-state index in [-0.39, 0.29) is 16.5 Å². The van der Waals surface area contributed by atoms with Gasteiger partial charge >= 0.3 is 0 Å². The molecule has 2 aromatic carbocycles. The van der Waals surface area contributed by atoms with Gasteiger partial charge in [-0.15, -0.1) is 0 Å². The number of hydrogen-bond acceptors (Lipinski definition) is 1. The van der Waals surface area contributed by atoms with Gasteiger partial charge in [-0.3, -0.25) is 0 Å². The van der Waals surface area contributed by atoms with Crippen molar-refractivity contribution >= 4 is 39.1 Å². The summed E-state index contributed by atoms with van der Waals surface area (Å²) in [6.07, 6.45) is 0.142. The van der Waals surface area contributed by atoms with Crippen LogP contribution >= 0.6 is 39.1 Å². The highest BCUT2D eigenvalue weighted by molar-refractivity contribution is 9.10. The lowest BCUT2D eigenvalue weighted by atomic mass is 9.98. The van der Waals surface area contributed by atoms with E-state index in [4.69, 9.17) is 28.9 Å². The monoisotopic (exact) mass is 379 g/mol. The first-order valence-corrected chi connectivity index (χ1v) is 7.28. The summed E-state index contributed by atoms with van der Waals surface area (Å²) < 4.78 is 27.9. The zero-order valence-corrected chi connectivity index (χ0v) is 13.2. The molecule has 0 saturated heterocycles. The molecular weight excluding hydrogens is 371 g/mol. The van der Waals surface area contributed by atoms with Crippen molar-refractivity contribution in [2.24, 2.45) is 5.73 Å². The summed E-state index contributed by atoms with van der Waals surface area (Å²) in [4.78, 5) is 0. The van der Waals surface area contributed by atoms with Crippen LogP contribution < -0.4 is 5.73 Å². The first-order chi connectivity index (χ1) is 9.41. The fourth-order valence-corrected chi connectivity index (χ4v) is 2.83. The van der Waals surface area contributed by atoms with Crippen molar-refractivity contribution in [3.8, 4) is 0 Å². The molecule has 2 rings (SSSR count). The highest BCUT2D eigenvalue weighted by Crippen LogP contribution is 2.31. The topological polar surface area (TPSA) is 26.0 Å². The summed E-state index contributed by atoms with van der Waals surface area (Å²) in [5.41, 5.74) is 6.30. The molecule has 0 aromatic heterocycles. The third-order valence-electron chi connectivity index (χ3n) is 2.94. The largest absolute Gasteiger partial charge is 0.323 e. The number of hydrogen-bond donors (Lipinski definition) is 1. The van der Waals surface area contributed by atoms with Crippen molar-refractivity contribution < 1.29 is 8.78 Å². The van der Waals surface area contributed by atoms with E-state index in [1.54, 1.807) is 18.2 Å². The maximum atomic E-state index is 14.0. The average Bonchev–Trinajstić information content (AvgIpc) is 2.39. The SMILES string of the molecule is NC(Cc1c(Cl)cccc1Cl)c1c(F)ccc(Br)c1F. The molecule has 1 atom stereocenters. The number of rotatable bonds is 3. The minimum Gasteiger partial charge on any atom is -0.323 e. The van der Waals surface area contributed by atoms with E-state index in [0.29, 0.717) is 15.6 Å². The van der Waals surface area contributed by atoms with E-state index in [2.05, 4.69) is 15.9 Å². The molecule has 0 radical (unpaired) electrons. The van der Waals surface area contributed by atoms with Gasteiger partial charge in [-0.25, -0.2) is 8.78 Å². The highest BCUT2D eigenvalue weighted by atomic mass is 79.9. The van der Waals surface area contributed by atoms with E-state index >= 15 is 0 Å². The molecule has 1 unspecified atom stereocenters. The molecule has 1 nitrogen and oxygen atoms in total. The lowest BCUT2D eigenvalue weighted by Gasteiger charge is -2.16. The molecule has 0 aliphatic heterocycles. The van der Waals surface area contributed by atoms with E-state index in [1.807, 2.05) is 0 Å². The van der Waals surface area contributed by atoms with Crippen LogP contribution in [0, 0.1) is 11.6 Å². The Kier molecular flexibility index (Phi) is 5.02. The molecule has 20 heavy (non-hydrogen) atoms. The molecule has 6 heteroatoms. The van der Waals surface area contributed by atoms with Gasteiger partial charge in [-0.1, -0.05) is 29.3 Å². The third kappa shape index (κ3) is 3.14. The molecule has 0 amide bonds. The summed E-state index contributed by atoms with van der Waals surface area (Å²) in [6.45, 7) is 0. The van der Waals surface area contributed by atoms with Crippen LogP contribution in [0.4, 0.5) is 8.78 Å². The van der Waals surface area contributed by atoms with E-state index < -0.39 is 17.7 Å². The minimum absolute atomic E-state index is 0.142. The normalized spacial score (nSPS) is 12.5. The van der Waals surface area contributed by atoms with Crippen LogP contribution in [0.3, 0.4) is 0 Å². The smallest absolute Gasteiger partial charge is 0.145 e. The van der Waals surface area contributed by atoms with Crippen LogP contribution in [0.2, 0.25) is 10.0 Å². The van der Waals surface area contributed by atoms with Gasteiger partial charge in [0.05, 0.1) is 4.47 Å². The van der Waals surface area contributed by atoms with E-state index in [9.17, 15) is 8.78 Å². The summed E-state index contributed by atoms with van der Waals surface area (Å²) in [5, 5.41) is 0.840. The van der Waals surface area contributed by atoms with Gasteiger partial charge in [0.1, 0.15) is 11.6 Å². The van der Waals surface area contributed by atoms with Gasteiger partial charge in [0, 0.05) is 21.7 Å². The Balaban J connectivity index is 2.38. The Morgan fingerprint density at radius 2 is 1.70 bits per heavy atom. The number of nitrogens with two attached hydrogens (primary N) is 1. The molecule has 0 spiro atoms. The van der Waals surface area contributed by atoms with Gasteiger partial charge < -0.3 is 5.73 Å². The van der Waals surface area contributed by atoms with Gasteiger partial charge in [-0.2, -0.15) is 0 Å². The average molecular weight is 381 g/mol. The van der Waals surface area contributed by atoms with E-state index in [1.165, 1.54) is 6.07 Å². The quantitative estimate of drug-likeness (QED) is 0.720. The fourth-order valence-electron chi connectivity index (χ4n) is 1.93. The standard InChI is InChI=1S/C14H10BrCl2F2N/c15-8-4-5-11(18)13(14(8)19)12(20)6-7-9(16)2-1-3-10(7)17/h1-5,12H,6,20H2. The maximum absolute atomic E-state index is 14.0. The second kappa shape index (κ2) is 6.39. The Hall–Kier alpha value is -0.680. The second-order valence-electron chi connectivity index (χ2n) is 4.27. The van der Waals surface area contributed by atoms with Crippen LogP contribution in [-0.2, 0) is 6.42 Å². The Bertz CT molecular complexity index is 629. The summed E-state index contributed by atoms with van der Waals surface area (Å²) in [5.74, 6) is -1.40. The van der Waals surface area contributed by atoms with Crippen molar-refractivity contribution in [1.29, 1.82) is 0 Å². The third-order valence-corrected chi connectivity index (χ3v) is 4.26. The Labute approximate surface area is 133 Å². The molecule has 0 fully saturated rings. The lowest BCUT2D eigenvalue weighted by molar-refractivity contribution is 0.521. The molecule has 0 saturated carbocycles. The van der Waals surface area contributed by atoms with E-state index in [0.717, 1.165) is 6.07 Å². The summed E-state index contributed by atoms with van der Waals surface area (Å²) in [7, 11) is 0. The van der Waals surface area contributed by atoms with Gasteiger partial charge in [0.15, 0.2) is 0 Å². The van der Waals surface area contributed by atoms with Crippen LogP contribution in [0.15, 0.2) is 34.8 Å². The molecule has 106 valence electrons. The van der Waals surface area contributed by atoms with Crippen molar-refractivity contribution in [2.45, 2.75) is 12.5 Å². The van der Waals surface area contributed by atoms with Crippen LogP contribution in [0.5, 0.6) is 0 Å². The predicted octanol–water partition coefficient (Wildman–Crippen LogP) is 5.28. The molecule has 0 aliphatic carbocycles. The van der Waals surface area contributed by atoms with Crippen LogP contribution in [-0.4, -0.2) is 0 Å². The zero-order valence-electron chi connectivity index (χ0n) is 10.1. The molecule has 0 heterocycles. The number of benzene rings is 2. The first-order valence-electron chi connectivity index (χ1n) is 5.73. The molecular formula is C14H10BrCl2F2N. The fraction of sp³-hybridized carbons (Fsp3) is 0.143. The number of halogens is 5. The van der Waals surface area contributed by atoms with Crippen molar-refractivity contribution in [3.05, 3.63) is 67.6 Å².